The van der Waals surface area contributed by atoms with Crippen LogP contribution in [0, 0.1) is 34.5 Å². The molecule has 0 aliphatic heterocycles. The van der Waals surface area contributed by atoms with Gasteiger partial charge in [0.05, 0.1) is 5.60 Å². The maximum absolute atomic E-state index is 13.2. The van der Waals surface area contributed by atoms with Crippen LogP contribution >= 0.6 is 0 Å². The van der Waals surface area contributed by atoms with E-state index < -0.39 is 17.4 Å². The predicted octanol–water partition coefficient (Wildman–Crippen LogP) is 8.22. The van der Waals surface area contributed by atoms with Crippen LogP contribution in [0.5, 0.6) is 0 Å². The lowest BCUT2D eigenvalue weighted by Crippen LogP contribution is -2.45. The van der Waals surface area contributed by atoms with Crippen LogP contribution in [0.4, 0.5) is 13.2 Å². The van der Waals surface area contributed by atoms with E-state index in [-0.39, 0.29) is 23.2 Å². The molecule has 198 valence electrons. The van der Waals surface area contributed by atoms with Gasteiger partial charge in [-0.15, -0.1) is 0 Å². The summed E-state index contributed by atoms with van der Waals surface area (Å²) in [5.41, 5.74) is -1.48. The monoisotopic (exact) mass is 486 g/mol. The molecule has 0 amide bonds. The molecule has 0 heterocycles. The number of hydrogen-bond acceptors (Lipinski definition) is 2. The van der Waals surface area contributed by atoms with Crippen molar-refractivity contribution in [2.24, 2.45) is 34.5 Å². The number of fused-ring (bicyclic) bond motifs is 1. The minimum atomic E-state index is -4.58. The Morgan fingerprint density at radius 2 is 1.79 bits per heavy atom. The van der Waals surface area contributed by atoms with Crippen LogP contribution in [0.2, 0.25) is 0 Å². The summed E-state index contributed by atoms with van der Waals surface area (Å²) in [6, 6.07) is 0. The van der Waals surface area contributed by atoms with E-state index in [2.05, 4.69) is 33.8 Å². The summed E-state index contributed by atoms with van der Waals surface area (Å²) in [5, 5.41) is 20.6. The Balaban J connectivity index is 1.70. The number of halogens is 3. The Morgan fingerprint density at radius 1 is 1.12 bits per heavy atom. The lowest BCUT2D eigenvalue weighted by Gasteiger charge is -2.53. The summed E-state index contributed by atoms with van der Waals surface area (Å²) in [4.78, 5) is 0. The molecule has 2 saturated carbocycles. The zero-order valence-corrected chi connectivity index (χ0v) is 22.4. The molecule has 3 rings (SSSR count). The lowest BCUT2D eigenvalue weighted by atomic mass is 9.53. The van der Waals surface area contributed by atoms with Crippen LogP contribution in [0.3, 0.4) is 0 Å². The van der Waals surface area contributed by atoms with Gasteiger partial charge in [-0.2, -0.15) is 13.2 Å². The highest BCUT2D eigenvalue weighted by molar-refractivity contribution is 5.23. The van der Waals surface area contributed by atoms with Gasteiger partial charge in [-0.3, -0.25) is 0 Å². The maximum Gasteiger partial charge on any atom is 0.416 e. The molecule has 8 atom stereocenters. The van der Waals surface area contributed by atoms with Crippen LogP contribution < -0.4 is 0 Å². The van der Waals surface area contributed by atoms with Crippen molar-refractivity contribution < 1.29 is 23.4 Å². The van der Waals surface area contributed by atoms with Gasteiger partial charge in [-0.25, -0.2) is 0 Å². The van der Waals surface area contributed by atoms with Gasteiger partial charge in [0.1, 0.15) is 0 Å². The van der Waals surface area contributed by atoms with Crippen LogP contribution in [0.1, 0.15) is 119 Å². The molecule has 0 aromatic carbocycles. The minimum absolute atomic E-state index is 0.111. The van der Waals surface area contributed by atoms with Crippen molar-refractivity contribution >= 4 is 0 Å². The molecule has 3 aliphatic rings. The summed E-state index contributed by atoms with van der Waals surface area (Å²) in [7, 11) is 0. The van der Waals surface area contributed by atoms with Gasteiger partial charge >= 0.3 is 6.18 Å². The fourth-order valence-electron chi connectivity index (χ4n) is 7.77. The topological polar surface area (TPSA) is 40.5 Å². The first-order valence-corrected chi connectivity index (χ1v) is 13.7. The van der Waals surface area contributed by atoms with Crippen molar-refractivity contribution in [3.63, 3.8) is 0 Å². The summed E-state index contributed by atoms with van der Waals surface area (Å²) >= 11 is 0. The summed E-state index contributed by atoms with van der Waals surface area (Å²) in [6.07, 6.45) is 8.61. The molecule has 6 unspecified atom stereocenters. The average Bonchev–Trinajstić information content (AvgIpc) is 2.72. The first-order valence-electron chi connectivity index (χ1n) is 13.7. The Kier molecular flexibility index (Phi) is 8.02. The molecule has 3 aliphatic carbocycles. The Bertz CT molecular complexity index is 740. The average molecular weight is 487 g/mol. The fraction of sp³-hybridized carbons (Fsp3) is 0.931. The molecule has 0 radical (unpaired) electrons. The molecule has 0 aromatic rings. The van der Waals surface area contributed by atoms with Gasteiger partial charge in [-0.1, -0.05) is 52.2 Å². The van der Waals surface area contributed by atoms with E-state index in [0.717, 1.165) is 58.3 Å². The Labute approximate surface area is 205 Å². The highest BCUT2D eigenvalue weighted by atomic mass is 19.4. The SMILES string of the molecule is CC1CCCC([C@H](C)CCC(C)(O)C(F)(F)F)C1(C)CCC1CCC=C2C[C@@](C)(O)CCC21C. The molecule has 0 spiro atoms. The van der Waals surface area contributed by atoms with Gasteiger partial charge in [0.2, 0.25) is 0 Å². The molecule has 0 aromatic heterocycles. The quantitative estimate of drug-likeness (QED) is 0.356. The number of rotatable bonds is 7. The number of hydrogen-bond donors (Lipinski definition) is 2. The van der Waals surface area contributed by atoms with Gasteiger partial charge in [-0.05, 0) is 113 Å². The molecule has 2 fully saturated rings. The first kappa shape index (κ1) is 28.0. The standard InChI is InChI=1S/C29H49F3O2/c1-20(13-16-28(6,34)29(30,31)32)24-12-7-9-21(2)26(24,4)15-14-22-10-8-11-23-19-25(3,33)17-18-27(22,23)5/h11,20-22,24,33-34H,7-10,12-19H2,1-6H3/t20-,21?,22?,24?,25+,26?,27?,28?/m1/s1. The number of allylic oxidation sites excluding steroid dienone is 1. The second-order valence-electron chi connectivity index (χ2n) is 13.4. The van der Waals surface area contributed by atoms with Crippen molar-refractivity contribution in [1.29, 1.82) is 0 Å². The largest absolute Gasteiger partial charge is 0.416 e. The van der Waals surface area contributed by atoms with E-state index in [0.29, 0.717) is 24.2 Å². The van der Waals surface area contributed by atoms with Crippen LogP contribution in [0.15, 0.2) is 11.6 Å². The fourth-order valence-corrected chi connectivity index (χ4v) is 7.77. The third-order valence-electron chi connectivity index (χ3n) is 10.8. The molecule has 5 heteroatoms. The van der Waals surface area contributed by atoms with E-state index in [1.54, 1.807) is 0 Å². The van der Waals surface area contributed by atoms with E-state index in [1.165, 1.54) is 18.4 Å². The van der Waals surface area contributed by atoms with Crippen LogP contribution in [-0.4, -0.2) is 27.6 Å². The predicted molar refractivity (Wildman–Crippen MR) is 132 cm³/mol. The summed E-state index contributed by atoms with van der Waals surface area (Å²) < 4.78 is 39.6. The summed E-state index contributed by atoms with van der Waals surface area (Å²) in [5.74, 6) is 1.70. The molecule has 34 heavy (non-hydrogen) atoms. The first-order chi connectivity index (χ1) is 15.5. The normalized spacial score (nSPS) is 41.9. The molecular weight excluding hydrogens is 437 g/mol. The van der Waals surface area contributed by atoms with Gasteiger partial charge in [0, 0.05) is 0 Å². The van der Waals surface area contributed by atoms with E-state index >= 15 is 0 Å². The van der Waals surface area contributed by atoms with Crippen molar-refractivity contribution in [3.8, 4) is 0 Å². The molecular formula is C29H49F3O2. The highest BCUT2D eigenvalue weighted by Crippen LogP contribution is 2.57. The van der Waals surface area contributed by atoms with Gasteiger partial charge in [0.15, 0.2) is 5.60 Å². The second kappa shape index (κ2) is 9.72. The molecule has 2 N–H and O–H groups in total. The highest BCUT2D eigenvalue weighted by Gasteiger charge is 2.51. The lowest BCUT2D eigenvalue weighted by molar-refractivity contribution is -0.256. The van der Waals surface area contributed by atoms with Gasteiger partial charge < -0.3 is 10.2 Å². The third-order valence-corrected chi connectivity index (χ3v) is 10.8. The van der Waals surface area contributed by atoms with Crippen molar-refractivity contribution in [3.05, 3.63) is 11.6 Å². The van der Waals surface area contributed by atoms with Gasteiger partial charge in [0.25, 0.3) is 0 Å². The molecule has 0 bridgehead atoms. The maximum atomic E-state index is 13.2. The van der Waals surface area contributed by atoms with Crippen LogP contribution in [-0.2, 0) is 0 Å². The van der Waals surface area contributed by atoms with E-state index in [1.807, 2.05) is 6.92 Å². The zero-order valence-electron chi connectivity index (χ0n) is 22.4. The Hall–Kier alpha value is -0.550. The smallest absolute Gasteiger partial charge is 0.390 e. The van der Waals surface area contributed by atoms with Crippen molar-refractivity contribution in [2.45, 2.75) is 136 Å². The van der Waals surface area contributed by atoms with Crippen molar-refractivity contribution in [2.75, 3.05) is 0 Å². The molecule has 0 saturated heterocycles. The number of alkyl halides is 3. The summed E-state index contributed by atoms with van der Waals surface area (Å²) in [6.45, 7) is 12.1. The van der Waals surface area contributed by atoms with Crippen LogP contribution in [0.25, 0.3) is 0 Å². The number of aliphatic hydroxyl groups is 2. The Morgan fingerprint density at radius 3 is 2.44 bits per heavy atom. The van der Waals surface area contributed by atoms with E-state index in [4.69, 9.17) is 0 Å². The van der Waals surface area contributed by atoms with E-state index in [9.17, 15) is 23.4 Å². The second-order valence-corrected chi connectivity index (χ2v) is 13.4. The third kappa shape index (κ3) is 5.56. The zero-order chi connectivity index (χ0) is 25.6. The van der Waals surface area contributed by atoms with Crippen molar-refractivity contribution in [1.82, 2.24) is 0 Å². The minimum Gasteiger partial charge on any atom is -0.390 e. The molecule has 2 nitrogen and oxygen atoms in total.